The molecule has 25 heavy (non-hydrogen) atoms. The molecule has 0 aliphatic heterocycles. The summed E-state index contributed by atoms with van der Waals surface area (Å²) in [6.45, 7) is 0. The van der Waals surface area contributed by atoms with Crippen LogP contribution in [0.3, 0.4) is 0 Å². The molecule has 0 unspecified atom stereocenters. The molecule has 0 spiro atoms. The normalized spacial score (nSPS) is 10.5. The molecule has 0 atom stereocenters. The number of aromatic amines is 1. The van der Waals surface area contributed by atoms with Gasteiger partial charge in [-0.05, 0) is 30.3 Å². The number of anilines is 2. The van der Waals surface area contributed by atoms with E-state index in [1.54, 1.807) is 0 Å². The molecule has 0 aliphatic carbocycles. The third-order valence-electron chi connectivity index (χ3n) is 3.45. The van der Waals surface area contributed by atoms with E-state index in [0.29, 0.717) is 5.69 Å². The Morgan fingerprint density at radius 3 is 2.80 bits per heavy atom. The SMILES string of the molecule is O=C(O)c1cnccc1Nc1c[nH]c(=O)c(-c2cc(Cl)ccc2F)c1. The Balaban J connectivity index is 2.05. The predicted molar refractivity (Wildman–Crippen MR) is 91.9 cm³/mol. The molecule has 0 saturated heterocycles. The van der Waals surface area contributed by atoms with E-state index in [9.17, 15) is 19.1 Å². The van der Waals surface area contributed by atoms with Gasteiger partial charge in [0.2, 0.25) is 0 Å². The summed E-state index contributed by atoms with van der Waals surface area (Å²) >= 11 is 5.88. The largest absolute Gasteiger partial charge is 0.478 e. The van der Waals surface area contributed by atoms with Crippen LogP contribution in [0.2, 0.25) is 5.02 Å². The van der Waals surface area contributed by atoms with Crippen molar-refractivity contribution in [1.29, 1.82) is 0 Å². The van der Waals surface area contributed by atoms with Gasteiger partial charge in [0, 0.05) is 29.2 Å². The molecule has 0 saturated carbocycles. The number of carbonyl (C=O) groups is 1. The second-order valence-electron chi connectivity index (χ2n) is 5.11. The molecule has 0 amide bonds. The smallest absolute Gasteiger partial charge is 0.339 e. The van der Waals surface area contributed by atoms with Crippen LogP contribution in [0.1, 0.15) is 10.4 Å². The quantitative estimate of drug-likeness (QED) is 0.660. The first-order valence-electron chi connectivity index (χ1n) is 7.08. The first kappa shape index (κ1) is 16.7. The summed E-state index contributed by atoms with van der Waals surface area (Å²) in [6, 6.07) is 6.80. The van der Waals surface area contributed by atoms with E-state index < -0.39 is 17.3 Å². The minimum atomic E-state index is -1.15. The van der Waals surface area contributed by atoms with Gasteiger partial charge in [-0.15, -0.1) is 0 Å². The number of halogens is 2. The topological polar surface area (TPSA) is 95.1 Å². The molecule has 3 rings (SSSR count). The van der Waals surface area contributed by atoms with Gasteiger partial charge in [0.1, 0.15) is 11.4 Å². The number of benzene rings is 1. The Hall–Kier alpha value is -3.19. The molecule has 0 aliphatic rings. The molecule has 126 valence electrons. The van der Waals surface area contributed by atoms with Crippen LogP contribution in [0.5, 0.6) is 0 Å². The zero-order valence-electron chi connectivity index (χ0n) is 12.6. The van der Waals surface area contributed by atoms with Crippen molar-refractivity contribution in [3.05, 3.63) is 75.7 Å². The average molecular weight is 360 g/mol. The molecule has 0 fully saturated rings. The van der Waals surface area contributed by atoms with E-state index in [1.165, 1.54) is 48.9 Å². The van der Waals surface area contributed by atoms with Crippen molar-refractivity contribution in [2.45, 2.75) is 0 Å². The molecule has 0 radical (unpaired) electrons. The van der Waals surface area contributed by atoms with E-state index in [1.807, 2.05) is 0 Å². The van der Waals surface area contributed by atoms with E-state index in [0.717, 1.165) is 0 Å². The molecule has 3 N–H and O–H groups in total. The molecule has 6 nitrogen and oxygen atoms in total. The summed E-state index contributed by atoms with van der Waals surface area (Å²) in [6.07, 6.45) is 3.99. The number of rotatable bonds is 4. The van der Waals surface area contributed by atoms with Crippen LogP contribution in [0, 0.1) is 5.82 Å². The number of nitrogens with zero attached hydrogens (tertiary/aromatic N) is 1. The number of carboxylic acids is 1. The van der Waals surface area contributed by atoms with Crippen molar-refractivity contribution >= 4 is 28.9 Å². The molecule has 8 heteroatoms. The van der Waals surface area contributed by atoms with Crippen molar-refractivity contribution in [1.82, 2.24) is 9.97 Å². The van der Waals surface area contributed by atoms with E-state index in [4.69, 9.17) is 11.6 Å². The molecule has 0 bridgehead atoms. The molecule has 2 heterocycles. The molecule has 1 aromatic carbocycles. The molecular weight excluding hydrogens is 349 g/mol. The van der Waals surface area contributed by atoms with Crippen molar-refractivity contribution in [3.8, 4) is 11.1 Å². The van der Waals surface area contributed by atoms with Gasteiger partial charge in [0.25, 0.3) is 5.56 Å². The van der Waals surface area contributed by atoms with Gasteiger partial charge in [0.05, 0.1) is 16.9 Å². The highest BCUT2D eigenvalue weighted by molar-refractivity contribution is 6.30. The molecule has 2 aromatic heterocycles. The lowest BCUT2D eigenvalue weighted by atomic mass is 10.1. The number of nitrogens with one attached hydrogen (secondary N) is 2. The summed E-state index contributed by atoms with van der Waals surface area (Å²) < 4.78 is 14.0. The fourth-order valence-corrected chi connectivity index (χ4v) is 2.46. The highest BCUT2D eigenvalue weighted by atomic mass is 35.5. The lowest BCUT2D eigenvalue weighted by molar-refractivity contribution is 0.0697. The van der Waals surface area contributed by atoms with Crippen LogP contribution in [-0.2, 0) is 0 Å². The number of H-pyrrole nitrogens is 1. The maximum absolute atomic E-state index is 14.0. The van der Waals surface area contributed by atoms with Gasteiger partial charge in [0.15, 0.2) is 0 Å². The van der Waals surface area contributed by atoms with Crippen LogP contribution in [0.15, 0.2) is 53.7 Å². The number of aromatic nitrogens is 2. The number of pyridine rings is 2. The fourth-order valence-electron chi connectivity index (χ4n) is 2.29. The summed E-state index contributed by atoms with van der Waals surface area (Å²) in [7, 11) is 0. The average Bonchev–Trinajstić information content (AvgIpc) is 2.59. The van der Waals surface area contributed by atoms with Crippen LogP contribution in [0.4, 0.5) is 15.8 Å². The maximum atomic E-state index is 14.0. The standard InChI is InChI=1S/C17H11ClFN3O3/c18-9-1-2-14(19)11(5-9)12-6-10(7-21-16(12)23)22-15-3-4-20-8-13(15)17(24)25/h1-8H,(H,20,22)(H,21,23)(H,24,25). The second kappa shape index (κ2) is 6.74. The zero-order chi connectivity index (χ0) is 18.0. The zero-order valence-corrected chi connectivity index (χ0v) is 13.3. The van der Waals surface area contributed by atoms with Crippen molar-refractivity contribution in [2.75, 3.05) is 5.32 Å². The van der Waals surface area contributed by atoms with Crippen LogP contribution in [0.25, 0.3) is 11.1 Å². The predicted octanol–water partition coefficient (Wildman–Crippen LogP) is 3.67. The Morgan fingerprint density at radius 1 is 1.24 bits per heavy atom. The Morgan fingerprint density at radius 2 is 2.04 bits per heavy atom. The lowest BCUT2D eigenvalue weighted by Gasteiger charge is -2.10. The summed E-state index contributed by atoms with van der Waals surface area (Å²) in [4.78, 5) is 29.6. The maximum Gasteiger partial charge on any atom is 0.339 e. The lowest BCUT2D eigenvalue weighted by Crippen LogP contribution is -2.10. The van der Waals surface area contributed by atoms with E-state index in [-0.39, 0.29) is 27.4 Å². The minimum Gasteiger partial charge on any atom is -0.478 e. The van der Waals surface area contributed by atoms with Crippen molar-refractivity contribution in [2.24, 2.45) is 0 Å². The van der Waals surface area contributed by atoms with Gasteiger partial charge in [-0.25, -0.2) is 9.18 Å². The van der Waals surface area contributed by atoms with E-state index in [2.05, 4.69) is 15.3 Å². The summed E-state index contributed by atoms with van der Waals surface area (Å²) in [5.41, 5.74) is 0.236. The summed E-state index contributed by atoms with van der Waals surface area (Å²) in [5, 5.41) is 12.4. The Bertz CT molecular complexity index is 1020. The van der Waals surface area contributed by atoms with Crippen LogP contribution >= 0.6 is 11.6 Å². The van der Waals surface area contributed by atoms with Gasteiger partial charge in [-0.1, -0.05) is 11.6 Å². The Kier molecular flexibility index (Phi) is 4.49. The monoisotopic (exact) mass is 359 g/mol. The number of aromatic carboxylic acids is 1. The fraction of sp³-hybridized carbons (Fsp3) is 0. The first-order chi connectivity index (χ1) is 12.0. The second-order valence-corrected chi connectivity index (χ2v) is 5.54. The van der Waals surface area contributed by atoms with Crippen LogP contribution in [-0.4, -0.2) is 21.0 Å². The number of hydrogen-bond donors (Lipinski definition) is 3. The highest BCUT2D eigenvalue weighted by Crippen LogP contribution is 2.26. The van der Waals surface area contributed by atoms with E-state index >= 15 is 0 Å². The number of carboxylic acid groups (broad SMARTS) is 1. The Labute approximate surface area is 145 Å². The van der Waals surface area contributed by atoms with Gasteiger partial charge < -0.3 is 15.4 Å². The molecule has 3 aromatic rings. The minimum absolute atomic E-state index is 0.0378. The van der Waals surface area contributed by atoms with Crippen molar-refractivity contribution < 1.29 is 14.3 Å². The summed E-state index contributed by atoms with van der Waals surface area (Å²) in [5.74, 6) is -1.75. The third-order valence-corrected chi connectivity index (χ3v) is 3.69. The van der Waals surface area contributed by atoms with Gasteiger partial charge in [-0.2, -0.15) is 0 Å². The number of hydrogen-bond acceptors (Lipinski definition) is 4. The van der Waals surface area contributed by atoms with Gasteiger partial charge >= 0.3 is 5.97 Å². The molecular formula is C17H11ClFN3O3. The highest BCUT2D eigenvalue weighted by Gasteiger charge is 2.13. The first-order valence-corrected chi connectivity index (χ1v) is 7.46. The van der Waals surface area contributed by atoms with Gasteiger partial charge in [-0.3, -0.25) is 9.78 Å². The van der Waals surface area contributed by atoms with Crippen LogP contribution < -0.4 is 10.9 Å². The van der Waals surface area contributed by atoms with Crippen molar-refractivity contribution in [3.63, 3.8) is 0 Å². The third kappa shape index (κ3) is 3.51.